The summed E-state index contributed by atoms with van der Waals surface area (Å²) in [4.78, 5) is 21.1. The van der Waals surface area contributed by atoms with E-state index < -0.39 is 6.29 Å². The van der Waals surface area contributed by atoms with Crippen molar-refractivity contribution >= 4 is 11.8 Å². The van der Waals surface area contributed by atoms with E-state index in [0.29, 0.717) is 12.4 Å². The minimum atomic E-state index is -0.410. The average molecular weight is 246 g/mol. The number of hydrogen-bond donors (Lipinski definition) is 0. The van der Waals surface area contributed by atoms with Crippen LogP contribution in [0, 0.1) is 11.8 Å². The predicted octanol–water partition coefficient (Wildman–Crippen LogP) is 2.80. The molecular formula is C13H26O4. The van der Waals surface area contributed by atoms with Gasteiger partial charge in [-0.25, -0.2) is 0 Å². The van der Waals surface area contributed by atoms with Gasteiger partial charge >= 0.3 is 5.97 Å². The molecule has 0 aliphatic carbocycles. The zero-order valence-corrected chi connectivity index (χ0v) is 12.1. The smallest absolute Gasteiger partial charge is 0.304 e. The third-order valence-electron chi connectivity index (χ3n) is 1.87. The van der Waals surface area contributed by atoms with E-state index in [1.165, 1.54) is 6.92 Å². The van der Waals surface area contributed by atoms with E-state index in [9.17, 15) is 9.59 Å². The van der Waals surface area contributed by atoms with E-state index in [-0.39, 0.29) is 17.8 Å². The van der Waals surface area contributed by atoms with Crippen LogP contribution in [0.1, 0.15) is 48.5 Å². The summed E-state index contributed by atoms with van der Waals surface area (Å²) >= 11 is 0. The van der Waals surface area contributed by atoms with Crippen LogP contribution in [0.3, 0.4) is 0 Å². The van der Waals surface area contributed by atoms with Gasteiger partial charge in [0.25, 0.3) is 0 Å². The summed E-state index contributed by atoms with van der Waals surface area (Å²) in [6.07, 6.45) is -0.410. The summed E-state index contributed by atoms with van der Waals surface area (Å²) in [5.74, 6) is 0.450. The molecule has 1 atom stereocenters. The molecule has 0 aliphatic heterocycles. The molecular weight excluding hydrogens is 220 g/mol. The van der Waals surface area contributed by atoms with Crippen molar-refractivity contribution in [3.05, 3.63) is 0 Å². The fourth-order valence-corrected chi connectivity index (χ4v) is 1.17. The van der Waals surface area contributed by atoms with E-state index in [4.69, 9.17) is 4.74 Å². The molecule has 0 heterocycles. The summed E-state index contributed by atoms with van der Waals surface area (Å²) in [5, 5.41) is 0. The maximum absolute atomic E-state index is 10.8. The first-order valence-electron chi connectivity index (χ1n) is 6.04. The van der Waals surface area contributed by atoms with E-state index >= 15 is 0 Å². The lowest BCUT2D eigenvalue weighted by molar-refractivity contribution is -0.171. The maximum Gasteiger partial charge on any atom is 0.304 e. The number of esters is 1. The summed E-state index contributed by atoms with van der Waals surface area (Å²) < 4.78 is 9.54. The van der Waals surface area contributed by atoms with E-state index in [1.807, 2.05) is 34.6 Å². The van der Waals surface area contributed by atoms with Gasteiger partial charge in [-0.15, -0.1) is 0 Å². The fourth-order valence-electron chi connectivity index (χ4n) is 1.17. The maximum atomic E-state index is 10.8. The molecule has 4 heteroatoms. The van der Waals surface area contributed by atoms with Crippen LogP contribution < -0.4 is 0 Å². The molecule has 0 aromatic rings. The standard InChI is InChI=1S/C7H14O.C6H12O3/c1-5(2)7(8)6(3)4;1-4-8-6(3)9-5(2)7/h5-6H,1-4H3;6H,4H2,1-3H3. The first-order chi connectivity index (χ1) is 7.72. The summed E-state index contributed by atoms with van der Waals surface area (Å²) in [6.45, 7) is 13.2. The second-order valence-corrected chi connectivity index (χ2v) is 4.34. The number of hydrogen-bond acceptors (Lipinski definition) is 4. The highest BCUT2D eigenvalue weighted by Gasteiger charge is 2.09. The van der Waals surface area contributed by atoms with Crippen LogP contribution >= 0.6 is 0 Å². The molecule has 0 bridgehead atoms. The van der Waals surface area contributed by atoms with Crippen molar-refractivity contribution < 1.29 is 19.1 Å². The van der Waals surface area contributed by atoms with Crippen LogP contribution in [0.5, 0.6) is 0 Å². The van der Waals surface area contributed by atoms with E-state index in [2.05, 4.69) is 4.74 Å². The van der Waals surface area contributed by atoms with Gasteiger partial charge in [0, 0.05) is 25.4 Å². The molecule has 0 rings (SSSR count). The zero-order valence-electron chi connectivity index (χ0n) is 12.1. The Hall–Kier alpha value is -0.900. The average Bonchev–Trinajstić information content (AvgIpc) is 2.16. The van der Waals surface area contributed by atoms with Gasteiger partial charge in [-0.1, -0.05) is 27.7 Å². The number of carbonyl (C=O) groups is 2. The van der Waals surface area contributed by atoms with Crippen molar-refractivity contribution in [1.82, 2.24) is 0 Å². The minimum Gasteiger partial charge on any atom is -0.436 e. The third kappa shape index (κ3) is 13.0. The Kier molecular flexibility index (Phi) is 11.2. The molecule has 102 valence electrons. The van der Waals surface area contributed by atoms with Gasteiger partial charge in [0.1, 0.15) is 5.78 Å². The number of ether oxygens (including phenoxy) is 2. The van der Waals surface area contributed by atoms with Gasteiger partial charge in [-0.05, 0) is 13.8 Å². The molecule has 0 saturated heterocycles. The Bertz CT molecular complexity index is 211. The first-order valence-corrected chi connectivity index (χ1v) is 6.04. The van der Waals surface area contributed by atoms with Gasteiger partial charge < -0.3 is 9.47 Å². The van der Waals surface area contributed by atoms with Crippen molar-refractivity contribution in [2.45, 2.75) is 54.8 Å². The first kappa shape index (κ1) is 18.5. The fraction of sp³-hybridized carbons (Fsp3) is 0.846. The zero-order chi connectivity index (χ0) is 14.0. The summed E-state index contributed by atoms with van der Waals surface area (Å²) in [5.41, 5.74) is 0. The second-order valence-electron chi connectivity index (χ2n) is 4.34. The molecule has 17 heavy (non-hydrogen) atoms. The van der Waals surface area contributed by atoms with Crippen molar-refractivity contribution in [2.75, 3.05) is 6.61 Å². The molecule has 1 unspecified atom stereocenters. The Labute approximate surface area is 105 Å². The van der Waals surface area contributed by atoms with E-state index in [0.717, 1.165) is 0 Å². The molecule has 0 aromatic heterocycles. The molecule has 0 aliphatic rings. The van der Waals surface area contributed by atoms with Crippen molar-refractivity contribution in [3.8, 4) is 0 Å². The van der Waals surface area contributed by atoms with Gasteiger partial charge in [0.15, 0.2) is 6.29 Å². The lowest BCUT2D eigenvalue weighted by Crippen LogP contribution is -2.15. The number of ketones is 1. The van der Waals surface area contributed by atoms with Crippen molar-refractivity contribution in [2.24, 2.45) is 11.8 Å². The topological polar surface area (TPSA) is 52.6 Å². The Morgan fingerprint density at radius 2 is 1.41 bits per heavy atom. The van der Waals surface area contributed by atoms with Gasteiger partial charge in [0.2, 0.25) is 0 Å². The molecule has 0 radical (unpaired) electrons. The van der Waals surface area contributed by atoms with Gasteiger partial charge in [0.05, 0.1) is 0 Å². The predicted molar refractivity (Wildman–Crippen MR) is 67.5 cm³/mol. The van der Waals surface area contributed by atoms with Crippen LogP contribution in [0.4, 0.5) is 0 Å². The Balaban J connectivity index is 0. The molecule has 0 spiro atoms. The van der Waals surface area contributed by atoms with Crippen LogP contribution in [0.15, 0.2) is 0 Å². The lowest BCUT2D eigenvalue weighted by Gasteiger charge is -2.09. The molecule has 0 aromatic carbocycles. The van der Waals surface area contributed by atoms with Crippen molar-refractivity contribution in [3.63, 3.8) is 0 Å². The number of carbonyl (C=O) groups excluding carboxylic acids is 2. The van der Waals surface area contributed by atoms with E-state index in [1.54, 1.807) is 6.92 Å². The minimum absolute atomic E-state index is 0.204. The van der Waals surface area contributed by atoms with Crippen LogP contribution in [-0.2, 0) is 19.1 Å². The Morgan fingerprint density at radius 1 is 1.00 bits per heavy atom. The van der Waals surface area contributed by atoms with Gasteiger partial charge in [-0.2, -0.15) is 0 Å². The van der Waals surface area contributed by atoms with Gasteiger partial charge in [-0.3, -0.25) is 9.59 Å². The molecule has 0 N–H and O–H groups in total. The summed E-state index contributed by atoms with van der Waals surface area (Å²) in [7, 11) is 0. The van der Waals surface area contributed by atoms with Crippen LogP contribution in [0.2, 0.25) is 0 Å². The van der Waals surface area contributed by atoms with Crippen LogP contribution in [-0.4, -0.2) is 24.6 Å². The second kappa shape index (κ2) is 10.3. The number of rotatable bonds is 5. The molecule has 4 nitrogen and oxygen atoms in total. The monoisotopic (exact) mass is 246 g/mol. The lowest BCUT2D eigenvalue weighted by atomic mass is 9.99. The highest BCUT2D eigenvalue weighted by Crippen LogP contribution is 2.03. The SMILES string of the molecule is CC(C)C(=O)C(C)C.CCOC(C)OC(C)=O. The van der Waals surface area contributed by atoms with Crippen LogP contribution in [0.25, 0.3) is 0 Å². The van der Waals surface area contributed by atoms with Crippen molar-refractivity contribution in [1.29, 1.82) is 0 Å². The Morgan fingerprint density at radius 3 is 1.59 bits per heavy atom. The number of Topliss-reactive ketones (excluding diaryl/α,β-unsaturated/α-hetero) is 1. The largest absolute Gasteiger partial charge is 0.436 e. The highest BCUT2D eigenvalue weighted by atomic mass is 16.7. The highest BCUT2D eigenvalue weighted by molar-refractivity contribution is 5.81. The molecule has 0 saturated carbocycles. The molecule has 0 amide bonds. The third-order valence-corrected chi connectivity index (χ3v) is 1.87. The molecule has 0 fully saturated rings. The quantitative estimate of drug-likeness (QED) is 0.553. The normalized spacial score (nSPS) is 11.8. The summed E-state index contributed by atoms with van der Waals surface area (Å²) in [6, 6.07) is 0.